The molecule has 12 nitrogen and oxygen atoms in total. The molecule has 6 rings (SSSR count). The number of nitrogen functional groups attached to an aromatic ring is 1. The summed E-state index contributed by atoms with van der Waals surface area (Å²) in [7, 11) is 0. The minimum Gasteiger partial charge on any atom is -0.488 e. The summed E-state index contributed by atoms with van der Waals surface area (Å²) in [4.78, 5) is 48.6. The third kappa shape index (κ3) is 8.78. The van der Waals surface area contributed by atoms with E-state index in [0.29, 0.717) is 36.8 Å². The highest BCUT2D eigenvalue weighted by atomic mass is 35.5. The van der Waals surface area contributed by atoms with Crippen LogP contribution in [-0.2, 0) is 14.3 Å². The first kappa shape index (κ1) is 36.5. The molecule has 14 heteroatoms. The summed E-state index contributed by atoms with van der Waals surface area (Å²) in [5.41, 5.74) is 9.41. The molecule has 52 heavy (non-hydrogen) atoms. The maximum atomic E-state index is 14.0. The number of anilines is 1. The molecule has 2 amide bonds. The molecule has 0 aliphatic carbocycles. The van der Waals surface area contributed by atoms with E-state index in [1.54, 1.807) is 27.0 Å². The SMILES string of the molecule is CC(C)(C)OC(=O)CN1CCN=Cc2c(N)cccc2-c2cccc(c2)OC2CC(C(=O)NCC1)N(C(=O)c1cnn(-c3ccc(F)cc3Cl)c1)C2. The van der Waals surface area contributed by atoms with E-state index < -0.39 is 35.4 Å². The van der Waals surface area contributed by atoms with Crippen molar-refractivity contribution in [1.29, 1.82) is 0 Å². The minimum absolute atomic E-state index is 0.000192. The van der Waals surface area contributed by atoms with Crippen LogP contribution in [0.1, 0.15) is 43.1 Å². The molecule has 2 aliphatic rings. The van der Waals surface area contributed by atoms with Crippen molar-refractivity contribution in [2.45, 2.75) is 44.9 Å². The molecule has 3 N–H and O–H groups in total. The molecule has 2 unspecified atom stereocenters. The van der Waals surface area contributed by atoms with Gasteiger partial charge in [0.25, 0.3) is 5.91 Å². The van der Waals surface area contributed by atoms with Crippen LogP contribution in [0.5, 0.6) is 5.75 Å². The molecule has 272 valence electrons. The number of hydrogen-bond acceptors (Lipinski definition) is 9. The highest BCUT2D eigenvalue weighted by molar-refractivity contribution is 6.32. The normalized spacial score (nSPS) is 18.5. The molecule has 4 aromatic rings. The summed E-state index contributed by atoms with van der Waals surface area (Å²) in [6.45, 7) is 6.85. The molecule has 2 atom stereocenters. The van der Waals surface area contributed by atoms with Crippen molar-refractivity contribution in [3.8, 4) is 22.6 Å². The number of rotatable bonds is 4. The van der Waals surface area contributed by atoms with Crippen molar-refractivity contribution in [1.82, 2.24) is 24.9 Å². The zero-order valence-corrected chi connectivity index (χ0v) is 30.0. The van der Waals surface area contributed by atoms with Gasteiger partial charge >= 0.3 is 5.97 Å². The third-order valence-electron chi connectivity index (χ3n) is 8.67. The number of nitrogens with zero attached hydrogens (tertiary/aromatic N) is 5. The fourth-order valence-corrected chi connectivity index (χ4v) is 6.55. The Morgan fingerprint density at radius 3 is 2.71 bits per heavy atom. The van der Waals surface area contributed by atoms with Gasteiger partial charge in [-0.1, -0.05) is 35.9 Å². The van der Waals surface area contributed by atoms with E-state index in [-0.39, 0.29) is 42.5 Å². The number of aromatic nitrogens is 2. The largest absolute Gasteiger partial charge is 0.488 e. The highest BCUT2D eigenvalue weighted by Crippen LogP contribution is 2.32. The Balaban J connectivity index is 1.30. The number of benzene rings is 3. The van der Waals surface area contributed by atoms with Gasteiger partial charge in [-0.25, -0.2) is 9.07 Å². The van der Waals surface area contributed by atoms with Gasteiger partial charge in [0.1, 0.15) is 29.3 Å². The smallest absolute Gasteiger partial charge is 0.320 e. The lowest BCUT2D eigenvalue weighted by atomic mass is 9.98. The predicted octanol–water partition coefficient (Wildman–Crippen LogP) is 4.77. The number of ether oxygens (including phenoxy) is 2. The van der Waals surface area contributed by atoms with Crippen LogP contribution < -0.4 is 15.8 Å². The van der Waals surface area contributed by atoms with Gasteiger partial charge in [-0.2, -0.15) is 5.10 Å². The van der Waals surface area contributed by atoms with E-state index in [9.17, 15) is 18.8 Å². The van der Waals surface area contributed by atoms with Crippen molar-refractivity contribution in [3.63, 3.8) is 0 Å². The molecule has 1 fully saturated rings. The second kappa shape index (κ2) is 15.5. The van der Waals surface area contributed by atoms with Gasteiger partial charge in [0, 0.05) is 49.7 Å². The fourth-order valence-electron chi connectivity index (χ4n) is 6.30. The average Bonchev–Trinajstić information content (AvgIpc) is 3.74. The summed E-state index contributed by atoms with van der Waals surface area (Å²) in [5.74, 6) is -1.11. The Labute approximate surface area is 306 Å². The van der Waals surface area contributed by atoms with Crippen LogP contribution in [0.2, 0.25) is 5.02 Å². The number of nitrogens with one attached hydrogen (secondary N) is 1. The number of halogens is 2. The zero-order valence-electron chi connectivity index (χ0n) is 29.2. The van der Waals surface area contributed by atoms with Gasteiger partial charge in [-0.15, -0.1) is 0 Å². The minimum atomic E-state index is -0.859. The molecular weight excluding hydrogens is 689 g/mol. The molecule has 0 radical (unpaired) electrons. The number of hydrogen-bond donors (Lipinski definition) is 2. The van der Waals surface area contributed by atoms with E-state index in [1.807, 2.05) is 47.4 Å². The monoisotopic (exact) mass is 729 g/mol. The quantitative estimate of drug-likeness (QED) is 0.226. The van der Waals surface area contributed by atoms with E-state index in [1.165, 1.54) is 34.1 Å². The number of carbonyl (C=O) groups is 3. The lowest BCUT2D eigenvalue weighted by molar-refractivity contribution is -0.156. The van der Waals surface area contributed by atoms with Gasteiger partial charge in [0.2, 0.25) is 5.91 Å². The number of fused-ring (bicyclic) bond motifs is 6. The highest BCUT2D eigenvalue weighted by Gasteiger charge is 2.41. The van der Waals surface area contributed by atoms with Crippen molar-refractivity contribution < 1.29 is 28.2 Å². The molecule has 3 heterocycles. The number of esters is 1. The van der Waals surface area contributed by atoms with Gasteiger partial charge in [-0.05, 0) is 68.3 Å². The van der Waals surface area contributed by atoms with Gasteiger partial charge in [0.15, 0.2) is 0 Å². The van der Waals surface area contributed by atoms with Crippen molar-refractivity contribution in [2.75, 3.05) is 45.0 Å². The number of aliphatic imine (C=N–C) groups is 1. The van der Waals surface area contributed by atoms with Gasteiger partial charge in [-0.3, -0.25) is 24.3 Å². The standard InChI is InChI=1S/C38H41ClFN7O5/c1-38(2,3)52-35(48)23-45-14-12-42-20-30-29(8-5-9-32(30)41)24-6-4-7-27(16-24)51-28-18-34(36(49)43-13-15-45)46(22-28)37(50)25-19-44-47(21-25)33-11-10-26(40)17-31(33)39/h4-11,16-17,19-21,28,34H,12-15,18,22-23,41H2,1-3H3,(H,43,49). The summed E-state index contributed by atoms with van der Waals surface area (Å²) < 4.78 is 27.1. The van der Waals surface area contributed by atoms with Crippen molar-refractivity contribution >= 4 is 41.3 Å². The van der Waals surface area contributed by atoms with Crippen LogP contribution in [0.4, 0.5) is 10.1 Å². The van der Waals surface area contributed by atoms with Crippen molar-refractivity contribution in [3.05, 3.63) is 95.0 Å². The molecule has 4 bridgehead atoms. The lowest BCUT2D eigenvalue weighted by Gasteiger charge is -2.26. The first-order valence-electron chi connectivity index (χ1n) is 17.0. The van der Waals surface area contributed by atoms with E-state index in [0.717, 1.165) is 22.8 Å². The van der Waals surface area contributed by atoms with E-state index >= 15 is 0 Å². The van der Waals surface area contributed by atoms with Crippen LogP contribution in [0.25, 0.3) is 16.8 Å². The molecule has 0 saturated carbocycles. The maximum absolute atomic E-state index is 14.0. The number of nitrogens with two attached hydrogens (primary N) is 1. The van der Waals surface area contributed by atoms with Crippen LogP contribution in [0, 0.1) is 5.82 Å². The Bertz CT molecular complexity index is 1990. The second-order valence-corrected chi connectivity index (χ2v) is 14.2. The molecule has 1 aromatic heterocycles. The zero-order chi connectivity index (χ0) is 37.0. The van der Waals surface area contributed by atoms with Crippen LogP contribution in [0.3, 0.4) is 0 Å². The number of amides is 2. The third-order valence-corrected chi connectivity index (χ3v) is 8.97. The Morgan fingerprint density at radius 1 is 1.12 bits per heavy atom. The number of likely N-dealkylation sites (tertiary alicyclic amines) is 1. The van der Waals surface area contributed by atoms with Crippen molar-refractivity contribution in [2.24, 2.45) is 4.99 Å². The van der Waals surface area contributed by atoms with Crippen LogP contribution >= 0.6 is 11.6 Å². The van der Waals surface area contributed by atoms with Gasteiger partial charge in [0.05, 0.1) is 42.1 Å². The first-order chi connectivity index (χ1) is 24.8. The first-order valence-corrected chi connectivity index (χ1v) is 17.4. The Hall–Kier alpha value is -5.27. The molecule has 1 saturated heterocycles. The maximum Gasteiger partial charge on any atom is 0.320 e. The predicted molar refractivity (Wildman–Crippen MR) is 196 cm³/mol. The average molecular weight is 730 g/mol. The fraction of sp³-hybridized carbons (Fsp3) is 0.342. The number of carbonyl (C=O) groups excluding carboxylic acids is 3. The van der Waals surface area contributed by atoms with Crippen LogP contribution in [-0.4, -0.2) is 101 Å². The Kier molecular flexibility index (Phi) is 10.9. The van der Waals surface area contributed by atoms with Crippen LogP contribution in [0.15, 0.2) is 78.0 Å². The van der Waals surface area contributed by atoms with E-state index in [4.69, 9.17) is 26.8 Å². The lowest BCUT2D eigenvalue weighted by Crippen LogP contribution is -2.48. The Morgan fingerprint density at radius 2 is 1.92 bits per heavy atom. The topological polar surface area (TPSA) is 144 Å². The molecule has 0 spiro atoms. The summed E-state index contributed by atoms with van der Waals surface area (Å²) in [5, 5.41) is 7.37. The summed E-state index contributed by atoms with van der Waals surface area (Å²) in [6, 6.07) is 16.2. The molecule has 2 aliphatic heterocycles. The second-order valence-electron chi connectivity index (χ2n) is 13.7. The molecular formula is C38H41ClFN7O5. The molecule has 3 aromatic carbocycles. The van der Waals surface area contributed by atoms with Gasteiger partial charge < -0.3 is 25.4 Å². The summed E-state index contributed by atoms with van der Waals surface area (Å²) >= 11 is 6.25. The van der Waals surface area contributed by atoms with E-state index in [2.05, 4.69) is 15.4 Å². The summed E-state index contributed by atoms with van der Waals surface area (Å²) in [6.07, 6.45) is 4.34.